The number of amides is 1. The first-order valence-electron chi connectivity index (χ1n) is 9.37. The lowest BCUT2D eigenvalue weighted by Gasteiger charge is -2.38. The van der Waals surface area contributed by atoms with Crippen molar-refractivity contribution in [1.29, 1.82) is 0 Å². The predicted octanol–water partition coefficient (Wildman–Crippen LogP) is 3.76. The zero-order valence-corrected chi connectivity index (χ0v) is 16.2. The molecule has 2 aromatic rings. The lowest BCUT2D eigenvalue weighted by molar-refractivity contribution is -0.384. The number of carbonyl (C=O) groups is 1. The smallest absolute Gasteiger partial charge is 0.363 e. The van der Waals surface area contributed by atoms with Crippen LogP contribution < -0.4 is 10.2 Å². The molecule has 1 aliphatic rings. The maximum Gasteiger partial charge on any atom is 0.416 e. The third-order valence-corrected chi connectivity index (χ3v) is 5.12. The van der Waals surface area contributed by atoms with Crippen LogP contribution in [0.5, 0.6) is 0 Å². The number of benzene rings is 2. The molecule has 1 saturated heterocycles. The lowest BCUT2D eigenvalue weighted by Crippen LogP contribution is -2.53. The van der Waals surface area contributed by atoms with Crippen LogP contribution in [0.4, 0.5) is 30.2 Å². The number of alkyl halides is 3. The number of nitro benzene ring substituents is 1. The second-order valence-electron chi connectivity index (χ2n) is 7.01. The van der Waals surface area contributed by atoms with Crippen molar-refractivity contribution in [3.8, 4) is 0 Å². The molecule has 0 spiro atoms. The van der Waals surface area contributed by atoms with Crippen molar-refractivity contribution in [2.24, 2.45) is 0 Å². The van der Waals surface area contributed by atoms with Crippen LogP contribution in [-0.4, -0.2) is 48.0 Å². The van der Waals surface area contributed by atoms with Crippen molar-refractivity contribution in [3.63, 3.8) is 0 Å². The van der Waals surface area contributed by atoms with Gasteiger partial charge in [0.2, 0.25) is 5.91 Å². The van der Waals surface area contributed by atoms with E-state index in [9.17, 15) is 28.1 Å². The average molecular weight is 422 g/mol. The summed E-state index contributed by atoms with van der Waals surface area (Å²) in [5, 5.41) is 14.2. The Labute approximate surface area is 171 Å². The van der Waals surface area contributed by atoms with E-state index in [1.54, 1.807) is 24.0 Å². The molecule has 1 heterocycles. The Kier molecular flexibility index (Phi) is 6.25. The second-order valence-corrected chi connectivity index (χ2v) is 7.01. The monoisotopic (exact) mass is 422 g/mol. The molecule has 160 valence electrons. The summed E-state index contributed by atoms with van der Waals surface area (Å²) >= 11 is 0. The highest BCUT2D eigenvalue weighted by Crippen LogP contribution is 2.36. The van der Waals surface area contributed by atoms with Gasteiger partial charge in [0.05, 0.1) is 16.5 Å². The molecule has 0 aromatic heterocycles. The molecule has 0 radical (unpaired) electrons. The molecule has 30 heavy (non-hydrogen) atoms. The molecule has 0 bridgehead atoms. The number of nitro groups is 1. The van der Waals surface area contributed by atoms with Gasteiger partial charge in [0.15, 0.2) is 0 Å². The van der Waals surface area contributed by atoms with Crippen LogP contribution in [0.25, 0.3) is 0 Å². The van der Waals surface area contributed by atoms with Crippen LogP contribution in [-0.2, 0) is 11.0 Å². The Morgan fingerprint density at radius 1 is 1.10 bits per heavy atom. The predicted molar refractivity (Wildman–Crippen MR) is 106 cm³/mol. The van der Waals surface area contributed by atoms with E-state index in [0.717, 1.165) is 12.1 Å². The highest BCUT2D eigenvalue weighted by Gasteiger charge is 2.34. The number of para-hydroxylation sites is 1. The van der Waals surface area contributed by atoms with Crippen LogP contribution >= 0.6 is 0 Å². The van der Waals surface area contributed by atoms with Gasteiger partial charge >= 0.3 is 6.18 Å². The summed E-state index contributed by atoms with van der Waals surface area (Å²) in [6.45, 7) is 3.38. The first kappa shape index (κ1) is 21.6. The number of halogens is 3. The van der Waals surface area contributed by atoms with Gasteiger partial charge in [-0.3, -0.25) is 19.8 Å². The van der Waals surface area contributed by atoms with E-state index >= 15 is 0 Å². The average Bonchev–Trinajstić information content (AvgIpc) is 2.73. The maximum absolute atomic E-state index is 12.9. The Bertz CT molecular complexity index is 913. The van der Waals surface area contributed by atoms with E-state index in [0.29, 0.717) is 37.9 Å². The van der Waals surface area contributed by atoms with Crippen molar-refractivity contribution < 1.29 is 22.9 Å². The first-order chi connectivity index (χ1) is 14.2. The van der Waals surface area contributed by atoms with Crippen LogP contribution in [0.3, 0.4) is 0 Å². The largest absolute Gasteiger partial charge is 0.416 e. The number of carbonyl (C=O) groups excluding carboxylic acids is 1. The maximum atomic E-state index is 12.9. The van der Waals surface area contributed by atoms with Gasteiger partial charge < -0.3 is 10.2 Å². The van der Waals surface area contributed by atoms with Crippen molar-refractivity contribution in [2.75, 3.05) is 36.4 Å². The van der Waals surface area contributed by atoms with Crippen LogP contribution in [0, 0.1) is 10.1 Å². The number of rotatable bonds is 5. The van der Waals surface area contributed by atoms with Crippen LogP contribution in [0.2, 0.25) is 0 Å². The number of hydrogen-bond donors (Lipinski definition) is 1. The Morgan fingerprint density at radius 2 is 1.73 bits per heavy atom. The molecule has 1 amide bonds. The fraction of sp³-hybridized carbons (Fsp3) is 0.350. The number of piperazine rings is 1. The van der Waals surface area contributed by atoms with Gasteiger partial charge in [-0.05, 0) is 31.2 Å². The van der Waals surface area contributed by atoms with E-state index in [1.807, 2.05) is 23.1 Å². The van der Waals surface area contributed by atoms with Gasteiger partial charge in [0.25, 0.3) is 5.69 Å². The zero-order chi connectivity index (χ0) is 21.9. The Morgan fingerprint density at radius 3 is 2.30 bits per heavy atom. The summed E-state index contributed by atoms with van der Waals surface area (Å²) < 4.78 is 38.7. The van der Waals surface area contributed by atoms with Crippen molar-refractivity contribution in [1.82, 2.24) is 4.90 Å². The van der Waals surface area contributed by atoms with E-state index in [4.69, 9.17) is 0 Å². The molecule has 1 atom stereocenters. The van der Waals surface area contributed by atoms with Crippen molar-refractivity contribution in [2.45, 2.75) is 19.1 Å². The topological polar surface area (TPSA) is 78.7 Å². The third kappa shape index (κ3) is 4.88. The van der Waals surface area contributed by atoms with Gasteiger partial charge in [-0.25, -0.2) is 0 Å². The fourth-order valence-corrected chi connectivity index (χ4v) is 3.40. The summed E-state index contributed by atoms with van der Waals surface area (Å²) in [5.74, 6) is -0.171. The molecular formula is C20H21F3N4O3. The highest BCUT2D eigenvalue weighted by atomic mass is 19.4. The minimum Gasteiger partial charge on any atom is -0.363 e. The quantitative estimate of drug-likeness (QED) is 0.586. The summed E-state index contributed by atoms with van der Waals surface area (Å²) in [6, 6.07) is 11.2. The van der Waals surface area contributed by atoms with Crippen molar-refractivity contribution >= 4 is 23.0 Å². The highest BCUT2D eigenvalue weighted by molar-refractivity contribution is 5.94. The Balaban J connectivity index is 1.66. The molecule has 2 aromatic carbocycles. The van der Waals surface area contributed by atoms with Crippen molar-refractivity contribution in [3.05, 3.63) is 64.2 Å². The van der Waals surface area contributed by atoms with E-state index in [1.165, 1.54) is 0 Å². The summed E-state index contributed by atoms with van der Waals surface area (Å²) in [6.07, 6.45) is -4.65. The lowest BCUT2D eigenvalue weighted by atomic mass is 10.1. The molecule has 1 aliphatic heterocycles. The summed E-state index contributed by atoms with van der Waals surface area (Å²) in [7, 11) is 0. The number of hydrogen-bond acceptors (Lipinski definition) is 5. The van der Waals surface area contributed by atoms with Gasteiger partial charge in [-0.15, -0.1) is 0 Å². The minimum atomic E-state index is -4.65. The second kappa shape index (κ2) is 8.70. The fourth-order valence-electron chi connectivity index (χ4n) is 3.40. The minimum absolute atomic E-state index is 0.147. The number of anilines is 2. The standard InChI is InChI=1S/C20H21F3N4O3/c1-14(19(28)24-16-5-3-2-4-6-16)25-9-11-26(12-10-25)17-8-7-15(20(21,22)23)13-18(17)27(29)30/h2-8,13-14H,9-12H2,1H3,(H,24,28). The third-order valence-electron chi connectivity index (χ3n) is 5.12. The van der Waals surface area contributed by atoms with Gasteiger partial charge in [-0.2, -0.15) is 13.2 Å². The molecule has 3 rings (SSSR count). The summed E-state index contributed by atoms with van der Waals surface area (Å²) in [5.41, 5.74) is -0.793. The van der Waals surface area contributed by atoms with Gasteiger partial charge in [0, 0.05) is 37.9 Å². The zero-order valence-electron chi connectivity index (χ0n) is 16.2. The number of nitrogens with zero attached hydrogens (tertiary/aromatic N) is 3. The van der Waals surface area contributed by atoms with Crippen LogP contribution in [0.1, 0.15) is 12.5 Å². The SMILES string of the molecule is CC(C(=O)Nc1ccccc1)N1CCN(c2ccc(C(F)(F)F)cc2[N+](=O)[O-])CC1. The molecule has 1 unspecified atom stereocenters. The van der Waals surface area contributed by atoms with Gasteiger partial charge in [0.1, 0.15) is 5.69 Å². The van der Waals surface area contributed by atoms with Gasteiger partial charge in [-0.1, -0.05) is 18.2 Å². The molecule has 1 N–H and O–H groups in total. The Hall–Kier alpha value is -3.14. The van der Waals surface area contributed by atoms with E-state index in [-0.39, 0.29) is 11.6 Å². The van der Waals surface area contributed by atoms with E-state index < -0.39 is 28.4 Å². The van der Waals surface area contributed by atoms with Crippen LogP contribution in [0.15, 0.2) is 48.5 Å². The molecule has 0 saturated carbocycles. The molecule has 10 heteroatoms. The molecule has 1 fully saturated rings. The molecule has 7 nitrogen and oxygen atoms in total. The molecular weight excluding hydrogens is 401 g/mol. The summed E-state index contributed by atoms with van der Waals surface area (Å²) in [4.78, 5) is 26.6. The normalized spacial score (nSPS) is 16.2. The van der Waals surface area contributed by atoms with E-state index in [2.05, 4.69) is 5.32 Å². The first-order valence-corrected chi connectivity index (χ1v) is 9.37. The molecule has 0 aliphatic carbocycles. The number of nitrogens with one attached hydrogen (secondary N) is 1.